The number of nitrogens with zero attached hydrogens (tertiary/aromatic N) is 1. The van der Waals surface area contributed by atoms with Crippen molar-refractivity contribution in [3.63, 3.8) is 0 Å². The van der Waals surface area contributed by atoms with Gasteiger partial charge in [-0.1, -0.05) is 12.8 Å². The number of likely N-dealkylation sites (tertiary alicyclic amines) is 1. The SMILES string of the molecule is O=C(O)COC1CCN(CCCCCCO)CC1. The lowest BCUT2D eigenvalue weighted by Crippen LogP contribution is -2.38. The van der Waals surface area contributed by atoms with Crippen LogP contribution >= 0.6 is 0 Å². The minimum atomic E-state index is -0.888. The minimum Gasteiger partial charge on any atom is -0.480 e. The van der Waals surface area contributed by atoms with Crippen LogP contribution in [-0.2, 0) is 9.53 Å². The van der Waals surface area contributed by atoms with Crippen molar-refractivity contribution < 1.29 is 19.7 Å². The molecule has 0 bridgehead atoms. The highest BCUT2D eigenvalue weighted by Gasteiger charge is 2.19. The first-order valence-corrected chi connectivity index (χ1v) is 6.89. The lowest BCUT2D eigenvalue weighted by atomic mass is 10.1. The lowest BCUT2D eigenvalue weighted by molar-refractivity contribution is -0.145. The average molecular weight is 259 g/mol. The Bertz CT molecular complexity index is 227. The second kappa shape index (κ2) is 9.30. The van der Waals surface area contributed by atoms with Gasteiger partial charge in [-0.25, -0.2) is 4.79 Å². The van der Waals surface area contributed by atoms with Crippen molar-refractivity contribution in [2.75, 3.05) is 32.8 Å². The zero-order chi connectivity index (χ0) is 13.2. The van der Waals surface area contributed by atoms with Crippen LogP contribution in [0.5, 0.6) is 0 Å². The van der Waals surface area contributed by atoms with Crippen LogP contribution in [0.1, 0.15) is 38.5 Å². The predicted molar refractivity (Wildman–Crippen MR) is 68.6 cm³/mol. The molecule has 0 aromatic heterocycles. The van der Waals surface area contributed by atoms with Crippen molar-refractivity contribution in [1.29, 1.82) is 0 Å². The van der Waals surface area contributed by atoms with Gasteiger partial charge in [-0.3, -0.25) is 0 Å². The molecule has 1 heterocycles. The highest BCUT2D eigenvalue weighted by atomic mass is 16.5. The van der Waals surface area contributed by atoms with E-state index in [4.69, 9.17) is 14.9 Å². The Hall–Kier alpha value is -0.650. The largest absolute Gasteiger partial charge is 0.480 e. The summed E-state index contributed by atoms with van der Waals surface area (Å²) in [4.78, 5) is 12.8. The second-order valence-corrected chi connectivity index (χ2v) is 4.88. The normalized spacial score (nSPS) is 18.1. The van der Waals surface area contributed by atoms with Gasteiger partial charge in [0.2, 0.25) is 0 Å². The number of hydrogen-bond donors (Lipinski definition) is 2. The van der Waals surface area contributed by atoms with Crippen molar-refractivity contribution >= 4 is 5.97 Å². The summed E-state index contributed by atoms with van der Waals surface area (Å²) in [6, 6.07) is 0. The number of carboxylic acids is 1. The fraction of sp³-hybridized carbons (Fsp3) is 0.923. The molecule has 0 aliphatic carbocycles. The van der Waals surface area contributed by atoms with E-state index in [0.29, 0.717) is 6.61 Å². The topological polar surface area (TPSA) is 70.0 Å². The van der Waals surface area contributed by atoms with Gasteiger partial charge in [-0.2, -0.15) is 0 Å². The molecule has 0 radical (unpaired) electrons. The maximum Gasteiger partial charge on any atom is 0.329 e. The molecule has 0 spiro atoms. The quantitative estimate of drug-likeness (QED) is 0.607. The maximum absolute atomic E-state index is 10.4. The van der Waals surface area contributed by atoms with Crippen LogP contribution in [0, 0.1) is 0 Å². The molecule has 1 aliphatic heterocycles. The first kappa shape index (κ1) is 15.4. The summed E-state index contributed by atoms with van der Waals surface area (Å²) in [5.41, 5.74) is 0. The molecular weight excluding hydrogens is 234 g/mol. The van der Waals surface area contributed by atoms with E-state index in [-0.39, 0.29) is 12.7 Å². The van der Waals surface area contributed by atoms with Gasteiger partial charge in [0.15, 0.2) is 0 Å². The van der Waals surface area contributed by atoms with Crippen LogP contribution in [0.2, 0.25) is 0 Å². The number of piperidine rings is 1. The van der Waals surface area contributed by atoms with E-state index < -0.39 is 5.97 Å². The number of aliphatic hydroxyl groups excluding tert-OH is 1. The smallest absolute Gasteiger partial charge is 0.329 e. The van der Waals surface area contributed by atoms with Gasteiger partial charge in [0.05, 0.1) is 6.10 Å². The fourth-order valence-electron chi connectivity index (χ4n) is 2.29. The van der Waals surface area contributed by atoms with E-state index in [9.17, 15) is 4.79 Å². The van der Waals surface area contributed by atoms with Crippen LogP contribution < -0.4 is 0 Å². The van der Waals surface area contributed by atoms with Crippen LogP contribution in [0.3, 0.4) is 0 Å². The maximum atomic E-state index is 10.4. The molecule has 0 unspecified atom stereocenters. The van der Waals surface area contributed by atoms with Gasteiger partial charge in [0.1, 0.15) is 6.61 Å². The monoisotopic (exact) mass is 259 g/mol. The highest BCUT2D eigenvalue weighted by molar-refractivity contribution is 5.68. The molecule has 0 amide bonds. The number of aliphatic hydroxyl groups is 1. The van der Waals surface area contributed by atoms with Crippen molar-refractivity contribution in [1.82, 2.24) is 4.90 Å². The van der Waals surface area contributed by atoms with Crippen molar-refractivity contribution in [3.8, 4) is 0 Å². The molecule has 0 aromatic rings. The van der Waals surface area contributed by atoms with E-state index in [2.05, 4.69) is 4.90 Å². The van der Waals surface area contributed by atoms with Gasteiger partial charge in [0, 0.05) is 19.7 Å². The summed E-state index contributed by atoms with van der Waals surface area (Å²) < 4.78 is 5.30. The third kappa shape index (κ3) is 6.93. The molecule has 1 saturated heterocycles. The van der Waals surface area contributed by atoms with Gasteiger partial charge in [0.25, 0.3) is 0 Å². The number of hydrogen-bond acceptors (Lipinski definition) is 4. The van der Waals surface area contributed by atoms with Gasteiger partial charge in [-0.15, -0.1) is 0 Å². The number of ether oxygens (including phenoxy) is 1. The van der Waals surface area contributed by atoms with E-state index >= 15 is 0 Å². The third-order valence-electron chi connectivity index (χ3n) is 3.36. The molecule has 0 aromatic carbocycles. The van der Waals surface area contributed by atoms with Gasteiger partial charge >= 0.3 is 5.97 Å². The van der Waals surface area contributed by atoms with Crippen molar-refractivity contribution in [3.05, 3.63) is 0 Å². The molecular formula is C13H25NO4. The number of aliphatic carboxylic acids is 1. The Morgan fingerprint density at radius 2 is 1.83 bits per heavy atom. The highest BCUT2D eigenvalue weighted by Crippen LogP contribution is 2.14. The summed E-state index contributed by atoms with van der Waals surface area (Å²) in [5.74, 6) is -0.888. The van der Waals surface area contributed by atoms with Crippen LogP contribution in [0.25, 0.3) is 0 Å². The summed E-state index contributed by atoms with van der Waals surface area (Å²) in [6.45, 7) is 3.24. The Kier molecular flexibility index (Phi) is 7.96. The Morgan fingerprint density at radius 3 is 2.44 bits per heavy atom. The average Bonchev–Trinajstić information content (AvgIpc) is 2.37. The second-order valence-electron chi connectivity index (χ2n) is 4.88. The Labute approximate surface area is 109 Å². The number of unbranched alkanes of at least 4 members (excludes halogenated alkanes) is 3. The molecule has 5 heteroatoms. The molecule has 2 N–H and O–H groups in total. The number of carboxylic acid groups (broad SMARTS) is 1. The Morgan fingerprint density at radius 1 is 1.17 bits per heavy atom. The summed E-state index contributed by atoms with van der Waals surface area (Å²) in [6.07, 6.45) is 6.36. The lowest BCUT2D eigenvalue weighted by Gasteiger charge is -2.31. The van der Waals surface area contributed by atoms with E-state index in [1.165, 1.54) is 12.8 Å². The minimum absolute atomic E-state index is 0.117. The Balaban J connectivity index is 1.99. The zero-order valence-corrected chi connectivity index (χ0v) is 11.0. The summed E-state index contributed by atoms with van der Waals surface area (Å²) in [7, 11) is 0. The standard InChI is InChI=1S/C13H25NO4/c15-10-4-2-1-3-7-14-8-5-12(6-9-14)18-11-13(16)17/h12,15H,1-11H2,(H,16,17). The van der Waals surface area contributed by atoms with E-state index in [1.807, 2.05) is 0 Å². The zero-order valence-electron chi connectivity index (χ0n) is 11.0. The van der Waals surface area contributed by atoms with Crippen molar-refractivity contribution in [2.45, 2.75) is 44.6 Å². The van der Waals surface area contributed by atoms with E-state index in [0.717, 1.165) is 45.3 Å². The van der Waals surface area contributed by atoms with Crippen molar-refractivity contribution in [2.24, 2.45) is 0 Å². The molecule has 1 rings (SSSR count). The molecule has 5 nitrogen and oxygen atoms in total. The van der Waals surface area contributed by atoms with E-state index in [1.54, 1.807) is 0 Å². The van der Waals surface area contributed by atoms with Crippen LogP contribution in [-0.4, -0.2) is 60.0 Å². The molecule has 1 aliphatic rings. The van der Waals surface area contributed by atoms with Gasteiger partial charge in [-0.05, 0) is 32.2 Å². The number of rotatable bonds is 9. The molecule has 1 fully saturated rings. The number of carbonyl (C=O) groups is 1. The molecule has 18 heavy (non-hydrogen) atoms. The fourth-order valence-corrected chi connectivity index (χ4v) is 2.29. The summed E-state index contributed by atoms with van der Waals surface area (Å²) >= 11 is 0. The third-order valence-corrected chi connectivity index (χ3v) is 3.36. The first-order valence-electron chi connectivity index (χ1n) is 6.89. The first-order chi connectivity index (χ1) is 8.72. The van der Waals surface area contributed by atoms with Gasteiger partial charge < -0.3 is 19.8 Å². The molecule has 0 atom stereocenters. The summed E-state index contributed by atoms with van der Waals surface area (Å²) in [5, 5.41) is 17.2. The molecule has 0 saturated carbocycles. The predicted octanol–water partition coefficient (Wildman–Crippen LogP) is 1.10. The van der Waals surface area contributed by atoms with Crippen LogP contribution in [0.4, 0.5) is 0 Å². The van der Waals surface area contributed by atoms with Crippen LogP contribution in [0.15, 0.2) is 0 Å². The molecule has 106 valence electrons.